The van der Waals surface area contributed by atoms with Crippen molar-refractivity contribution < 1.29 is 22.0 Å². The van der Waals surface area contributed by atoms with Crippen molar-refractivity contribution in [2.75, 3.05) is 4.90 Å². The fourth-order valence-corrected chi connectivity index (χ4v) is 2.78. The molecule has 28 heavy (non-hydrogen) atoms. The summed E-state index contributed by atoms with van der Waals surface area (Å²) in [6, 6.07) is 9.91. The fourth-order valence-electron chi connectivity index (χ4n) is 2.78. The molecule has 1 aliphatic rings. The minimum Gasteiger partial charge on any atom is -0.341 e. The van der Waals surface area contributed by atoms with Crippen LogP contribution in [0.15, 0.2) is 64.9 Å². The first-order valence-corrected chi connectivity index (χ1v) is 8.33. The summed E-state index contributed by atoms with van der Waals surface area (Å²) >= 11 is 0. The Kier molecular flexibility index (Phi) is 5.31. The number of benzene rings is 2. The van der Waals surface area contributed by atoms with Crippen LogP contribution in [0.3, 0.4) is 0 Å². The van der Waals surface area contributed by atoms with Crippen molar-refractivity contribution in [3.63, 3.8) is 0 Å². The Bertz CT molecular complexity index is 976. The van der Waals surface area contributed by atoms with Gasteiger partial charge in [0.05, 0.1) is 12.3 Å². The standard InChI is InChI=1S/C20H16F5N3/c1-12(2)28(16-5-3-4-15(21)9-16)11-14-7-6-13(8-17(14)22)18-10-19(27-26-18)20(23,24)25/h3-9H,1,10-11H2,2H3. The summed E-state index contributed by atoms with van der Waals surface area (Å²) in [6.45, 7) is 5.63. The molecule has 2 aromatic carbocycles. The summed E-state index contributed by atoms with van der Waals surface area (Å²) in [7, 11) is 0. The Labute approximate surface area is 158 Å². The number of anilines is 1. The van der Waals surface area contributed by atoms with Gasteiger partial charge >= 0.3 is 6.18 Å². The molecule has 1 heterocycles. The Morgan fingerprint density at radius 3 is 2.43 bits per heavy atom. The third-order valence-corrected chi connectivity index (χ3v) is 4.25. The second-order valence-electron chi connectivity index (χ2n) is 6.38. The van der Waals surface area contributed by atoms with Crippen LogP contribution in [-0.4, -0.2) is 17.6 Å². The Hall–Kier alpha value is -3.03. The molecule has 0 spiro atoms. The van der Waals surface area contributed by atoms with Crippen LogP contribution in [0.1, 0.15) is 24.5 Å². The minimum atomic E-state index is -4.56. The second kappa shape index (κ2) is 7.53. The van der Waals surface area contributed by atoms with Gasteiger partial charge in [0.15, 0.2) is 0 Å². The van der Waals surface area contributed by atoms with Gasteiger partial charge in [0.1, 0.15) is 17.3 Å². The highest BCUT2D eigenvalue weighted by Crippen LogP contribution is 2.27. The van der Waals surface area contributed by atoms with Gasteiger partial charge in [-0.1, -0.05) is 24.8 Å². The maximum Gasteiger partial charge on any atom is 0.431 e. The van der Waals surface area contributed by atoms with Gasteiger partial charge < -0.3 is 4.90 Å². The Balaban J connectivity index is 1.80. The molecule has 8 heteroatoms. The highest BCUT2D eigenvalue weighted by Gasteiger charge is 2.38. The zero-order chi connectivity index (χ0) is 20.5. The van der Waals surface area contributed by atoms with Gasteiger partial charge in [0, 0.05) is 28.9 Å². The average molecular weight is 393 g/mol. The molecule has 0 radical (unpaired) electrons. The summed E-state index contributed by atoms with van der Waals surface area (Å²) in [5, 5.41) is 6.66. The molecular weight excluding hydrogens is 377 g/mol. The van der Waals surface area contributed by atoms with Crippen molar-refractivity contribution in [2.24, 2.45) is 10.2 Å². The molecule has 0 amide bonds. The molecule has 0 saturated carbocycles. The molecule has 0 unspecified atom stereocenters. The number of rotatable bonds is 5. The van der Waals surface area contributed by atoms with E-state index in [1.54, 1.807) is 17.9 Å². The molecule has 0 saturated heterocycles. The van der Waals surface area contributed by atoms with Crippen LogP contribution in [0.2, 0.25) is 0 Å². The van der Waals surface area contributed by atoms with E-state index in [1.807, 2.05) is 0 Å². The summed E-state index contributed by atoms with van der Waals surface area (Å²) < 4.78 is 66.2. The molecule has 3 nitrogen and oxygen atoms in total. The van der Waals surface area contributed by atoms with E-state index in [0.29, 0.717) is 11.4 Å². The number of hydrogen-bond donors (Lipinski definition) is 0. The maximum atomic E-state index is 14.6. The topological polar surface area (TPSA) is 28.0 Å². The van der Waals surface area contributed by atoms with Gasteiger partial charge in [-0.2, -0.15) is 18.3 Å². The van der Waals surface area contributed by atoms with Crippen LogP contribution in [0.5, 0.6) is 0 Å². The summed E-state index contributed by atoms with van der Waals surface area (Å²) in [5.74, 6) is -1.04. The first-order valence-electron chi connectivity index (χ1n) is 8.33. The summed E-state index contributed by atoms with van der Waals surface area (Å²) in [5.41, 5.74) is 0.659. The van der Waals surface area contributed by atoms with Gasteiger partial charge in [0.25, 0.3) is 0 Å². The third kappa shape index (κ3) is 4.27. The quantitative estimate of drug-likeness (QED) is 0.607. The van der Waals surface area contributed by atoms with Crippen LogP contribution in [0.4, 0.5) is 27.6 Å². The van der Waals surface area contributed by atoms with Crippen molar-refractivity contribution >= 4 is 17.1 Å². The monoisotopic (exact) mass is 393 g/mol. The molecule has 0 N–H and O–H groups in total. The van der Waals surface area contributed by atoms with Crippen molar-refractivity contribution in [2.45, 2.75) is 26.1 Å². The first kappa shape index (κ1) is 19.7. The summed E-state index contributed by atoms with van der Waals surface area (Å²) in [6.07, 6.45) is -5.06. The predicted molar refractivity (Wildman–Crippen MR) is 98.4 cm³/mol. The number of alkyl halides is 3. The zero-order valence-electron chi connectivity index (χ0n) is 14.9. The average Bonchev–Trinajstić information content (AvgIpc) is 3.11. The maximum absolute atomic E-state index is 14.6. The number of allylic oxidation sites excluding steroid dienone is 1. The lowest BCUT2D eigenvalue weighted by Crippen LogP contribution is -2.23. The van der Waals surface area contributed by atoms with E-state index in [2.05, 4.69) is 16.8 Å². The highest BCUT2D eigenvalue weighted by molar-refractivity contribution is 6.16. The van der Waals surface area contributed by atoms with Gasteiger partial charge in [0.2, 0.25) is 0 Å². The van der Waals surface area contributed by atoms with E-state index < -0.39 is 29.9 Å². The van der Waals surface area contributed by atoms with Crippen LogP contribution >= 0.6 is 0 Å². The van der Waals surface area contributed by atoms with Gasteiger partial charge in [-0.3, -0.25) is 0 Å². The number of nitrogens with zero attached hydrogens (tertiary/aromatic N) is 3. The third-order valence-electron chi connectivity index (χ3n) is 4.25. The molecule has 0 atom stereocenters. The molecule has 0 bridgehead atoms. The second-order valence-corrected chi connectivity index (χ2v) is 6.38. The van der Waals surface area contributed by atoms with Crippen molar-refractivity contribution in [3.05, 3.63) is 77.5 Å². The Morgan fingerprint density at radius 1 is 1.11 bits per heavy atom. The lowest BCUT2D eigenvalue weighted by Gasteiger charge is -2.25. The van der Waals surface area contributed by atoms with Crippen LogP contribution in [0, 0.1) is 11.6 Å². The van der Waals surface area contributed by atoms with E-state index in [1.165, 1.54) is 30.3 Å². The molecule has 146 valence electrons. The lowest BCUT2D eigenvalue weighted by molar-refractivity contribution is -0.0596. The molecular formula is C20H16F5N3. The van der Waals surface area contributed by atoms with Crippen LogP contribution in [-0.2, 0) is 6.54 Å². The highest BCUT2D eigenvalue weighted by atomic mass is 19.4. The largest absolute Gasteiger partial charge is 0.431 e. The molecule has 2 aromatic rings. The minimum absolute atomic E-state index is 0.0552. The van der Waals surface area contributed by atoms with E-state index in [0.717, 1.165) is 6.07 Å². The molecule has 0 aliphatic carbocycles. The van der Waals surface area contributed by atoms with E-state index in [9.17, 15) is 22.0 Å². The molecule has 3 rings (SSSR count). The SMILES string of the molecule is C=C(C)N(Cc1ccc(C2=NN=C(C(F)(F)F)C2)cc1F)c1cccc(F)c1. The van der Waals surface area contributed by atoms with E-state index in [4.69, 9.17) is 0 Å². The van der Waals surface area contributed by atoms with Crippen molar-refractivity contribution in [1.29, 1.82) is 0 Å². The van der Waals surface area contributed by atoms with Gasteiger partial charge in [-0.25, -0.2) is 8.78 Å². The Morgan fingerprint density at radius 2 is 1.86 bits per heavy atom. The van der Waals surface area contributed by atoms with E-state index in [-0.39, 0.29) is 23.4 Å². The molecule has 0 aromatic heterocycles. The number of halogens is 5. The van der Waals surface area contributed by atoms with Gasteiger partial charge in [-0.15, -0.1) is 5.10 Å². The van der Waals surface area contributed by atoms with Gasteiger partial charge in [-0.05, 0) is 31.2 Å². The van der Waals surface area contributed by atoms with Crippen LogP contribution < -0.4 is 4.90 Å². The zero-order valence-corrected chi connectivity index (χ0v) is 14.9. The first-order chi connectivity index (χ1) is 13.1. The molecule has 0 fully saturated rings. The summed E-state index contributed by atoms with van der Waals surface area (Å²) in [4.78, 5) is 1.64. The fraction of sp³-hybridized carbons (Fsp3) is 0.200. The van der Waals surface area contributed by atoms with Crippen molar-refractivity contribution in [3.8, 4) is 0 Å². The normalized spacial score (nSPS) is 13.9. The van der Waals surface area contributed by atoms with E-state index >= 15 is 0 Å². The number of hydrogen-bond acceptors (Lipinski definition) is 3. The molecule has 1 aliphatic heterocycles. The van der Waals surface area contributed by atoms with Crippen LogP contribution in [0.25, 0.3) is 0 Å². The lowest BCUT2D eigenvalue weighted by atomic mass is 10.0. The van der Waals surface area contributed by atoms with Crippen molar-refractivity contribution in [1.82, 2.24) is 0 Å². The smallest absolute Gasteiger partial charge is 0.341 e. The predicted octanol–water partition coefficient (Wildman–Crippen LogP) is 5.62.